The summed E-state index contributed by atoms with van der Waals surface area (Å²) in [6, 6.07) is 14.7. The molecule has 26 heavy (non-hydrogen) atoms. The Kier molecular flexibility index (Phi) is 6.14. The second-order valence-corrected chi connectivity index (χ2v) is 7.86. The van der Waals surface area contributed by atoms with Crippen LogP contribution in [0.25, 0.3) is 10.8 Å². The Bertz CT molecular complexity index is 832. The fourth-order valence-corrected chi connectivity index (χ4v) is 4.59. The molecule has 3 aromatic rings. The maximum absolute atomic E-state index is 6.05. The van der Waals surface area contributed by atoms with Gasteiger partial charge in [0.1, 0.15) is 5.76 Å². The molecular weight excluding hydrogens is 366 g/mol. The molecule has 2 N–H and O–H groups in total. The average molecular weight is 390 g/mol. The average Bonchev–Trinajstić information content (AvgIpc) is 3.35. The van der Waals surface area contributed by atoms with Gasteiger partial charge in [0, 0.05) is 36.6 Å². The van der Waals surface area contributed by atoms with Gasteiger partial charge in [0.2, 0.25) is 0 Å². The smallest absolute Gasteiger partial charge is 0.162 e. The van der Waals surface area contributed by atoms with Gasteiger partial charge in [-0.3, -0.25) is 4.90 Å². The van der Waals surface area contributed by atoms with Crippen LogP contribution in [0.1, 0.15) is 22.1 Å². The largest absolute Gasteiger partial charge is 0.459 e. The third-order valence-corrected chi connectivity index (χ3v) is 5.93. The number of rotatable bonds is 5. The minimum atomic E-state index is 0. The molecule has 0 bridgehead atoms. The minimum Gasteiger partial charge on any atom is -0.459 e. The first-order valence-corrected chi connectivity index (χ1v) is 9.53. The van der Waals surface area contributed by atoms with Crippen LogP contribution in [0.2, 0.25) is 0 Å². The van der Waals surface area contributed by atoms with Gasteiger partial charge in [-0.2, -0.15) is 0 Å². The van der Waals surface area contributed by atoms with Gasteiger partial charge >= 0.3 is 0 Å². The Hall–Kier alpha value is -1.66. The van der Waals surface area contributed by atoms with Gasteiger partial charge in [-0.05, 0) is 37.1 Å². The fraction of sp³-hybridized carbons (Fsp3) is 0.350. The Balaban J connectivity index is 0.00000196. The molecule has 0 amide bonds. The molecule has 0 radical (unpaired) electrons. The second-order valence-electron chi connectivity index (χ2n) is 6.75. The zero-order valence-corrected chi connectivity index (χ0v) is 16.4. The van der Waals surface area contributed by atoms with Crippen LogP contribution < -0.4 is 5.73 Å². The number of furan rings is 1. The van der Waals surface area contributed by atoms with Gasteiger partial charge in [-0.1, -0.05) is 30.3 Å². The van der Waals surface area contributed by atoms with Crippen molar-refractivity contribution in [3.8, 4) is 10.8 Å². The third kappa shape index (κ3) is 4.01. The minimum absolute atomic E-state index is 0. The first kappa shape index (κ1) is 19.1. The Morgan fingerprint density at radius 1 is 1.19 bits per heavy atom. The second kappa shape index (κ2) is 8.35. The summed E-state index contributed by atoms with van der Waals surface area (Å²) in [6.45, 7) is 5.72. The molecule has 1 aliphatic rings. The van der Waals surface area contributed by atoms with Gasteiger partial charge in [0.15, 0.2) is 10.8 Å². The topological polar surface area (TPSA) is 55.3 Å². The molecule has 1 aromatic carbocycles. The molecule has 2 atom stereocenters. The van der Waals surface area contributed by atoms with E-state index in [1.807, 2.05) is 25.3 Å². The van der Waals surface area contributed by atoms with E-state index in [2.05, 4.69) is 40.2 Å². The van der Waals surface area contributed by atoms with E-state index in [-0.39, 0.29) is 12.4 Å². The van der Waals surface area contributed by atoms with Crippen LogP contribution >= 0.6 is 23.7 Å². The molecule has 0 saturated carbocycles. The fourth-order valence-electron chi connectivity index (χ4n) is 3.67. The van der Waals surface area contributed by atoms with E-state index < -0.39 is 0 Å². The highest BCUT2D eigenvalue weighted by atomic mass is 35.5. The number of likely N-dealkylation sites (tertiary alicyclic amines) is 1. The van der Waals surface area contributed by atoms with E-state index in [0.29, 0.717) is 11.8 Å². The van der Waals surface area contributed by atoms with E-state index in [0.717, 1.165) is 42.7 Å². The molecule has 1 fully saturated rings. The Labute approximate surface area is 164 Å². The van der Waals surface area contributed by atoms with Crippen molar-refractivity contribution < 1.29 is 4.42 Å². The number of aromatic nitrogens is 1. The van der Waals surface area contributed by atoms with Crippen LogP contribution in [-0.2, 0) is 6.54 Å². The normalized spacial score (nSPS) is 20.2. The maximum Gasteiger partial charge on any atom is 0.162 e. The summed E-state index contributed by atoms with van der Waals surface area (Å²) in [4.78, 5) is 8.30. The van der Waals surface area contributed by atoms with Crippen LogP contribution in [0.3, 0.4) is 0 Å². The summed E-state index contributed by atoms with van der Waals surface area (Å²) in [5, 5.41) is 0.956. The zero-order chi connectivity index (χ0) is 17.2. The van der Waals surface area contributed by atoms with E-state index in [9.17, 15) is 0 Å². The number of nitrogens with zero attached hydrogens (tertiary/aromatic N) is 2. The predicted molar refractivity (Wildman–Crippen MR) is 109 cm³/mol. The van der Waals surface area contributed by atoms with Crippen LogP contribution in [0.15, 0.2) is 53.1 Å². The number of nitrogens with two attached hydrogens (primary N) is 1. The first-order chi connectivity index (χ1) is 12.2. The Morgan fingerprint density at radius 2 is 2.00 bits per heavy atom. The van der Waals surface area contributed by atoms with Gasteiger partial charge in [-0.15, -0.1) is 23.7 Å². The van der Waals surface area contributed by atoms with E-state index in [1.165, 1.54) is 10.4 Å². The van der Waals surface area contributed by atoms with Crippen LogP contribution in [-0.4, -0.2) is 29.5 Å². The quantitative estimate of drug-likeness (QED) is 0.706. The van der Waals surface area contributed by atoms with Crippen LogP contribution in [0, 0.1) is 12.8 Å². The number of halogens is 1. The van der Waals surface area contributed by atoms with E-state index in [1.54, 1.807) is 11.3 Å². The van der Waals surface area contributed by atoms with Crippen molar-refractivity contribution in [3.05, 3.63) is 64.9 Å². The highest BCUT2D eigenvalue weighted by molar-refractivity contribution is 7.14. The van der Waals surface area contributed by atoms with Gasteiger partial charge in [-0.25, -0.2) is 4.98 Å². The monoisotopic (exact) mass is 389 g/mol. The van der Waals surface area contributed by atoms with E-state index in [4.69, 9.17) is 10.2 Å². The molecule has 1 saturated heterocycles. The lowest BCUT2D eigenvalue weighted by Gasteiger charge is -2.16. The summed E-state index contributed by atoms with van der Waals surface area (Å²) in [5.74, 6) is 2.81. The van der Waals surface area contributed by atoms with Gasteiger partial charge < -0.3 is 10.2 Å². The van der Waals surface area contributed by atoms with Crippen LogP contribution in [0.4, 0.5) is 0 Å². The standard InChI is InChI=1S/C20H23N3OS.ClH/c1-14-7-8-19(24-14)20-22-10-17(25-20)12-23-11-16(9-21)18(13-23)15-5-3-2-4-6-15;/h2-8,10,16,18H,9,11-13,21H2,1H3;1H/t16-,18+;/m1./s1. The van der Waals surface area contributed by atoms with Crippen molar-refractivity contribution in [2.45, 2.75) is 19.4 Å². The van der Waals surface area contributed by atoms with Crippen LogP contribution in [0.5, 0.6) is 0 Å². The first-order valence-electron chi connectivity index (χ1n) is 8.72. The lowest BCUT2D eigenvalue weighted by Crippen LogP contribution is -2.22. The molecule has 1 aliphatic heterocycles. The Morgan fingerprint density at radius 3 is 2.69 bits per heavy atom. The highest BCUT2D eigenvalue weighted by Crippen LogP contribution is 2.34. The SMILES string of the molecule is Cc1ccc(-c2ncc(CN3C[C@@H](CN)[C@H](c4ccccc4)C3)s2)o1.Cl. The van der Waals surface area contributed by atoms with Gasteiger partial charge in [0.25, 0.3) is 0 Å². The summed E-state index contributed by atoms with van der Waals surface area (Å²) in [5.41, 5.74) is 7.45. The summed E-state index contributed by atoms with van der Waals surface area (Å²) in [6.07, 6.45) is 1.98. The van der Waals surface area contributed by atoms with Gasteiger partial charge in [0.05, 0.1) is 0 Å². The molecule has 0 unspecified atom stereocenters. The number of thiazole rings is 1. The summed E-state index contributed by atoms with van der Waals surface area (Å²) >= 11 is 1.71. The zero-order valence-electron chi connectivity index (χ0n) is 14.8. The number of benzene rings is 1. The molecule has 4 rings (SSSR count). The molecule has 4 nitrogen and oxygen atoms in total. The highest BCUT2D eigenvalue weighted by Gasteiger charge is 2.32. The molecule has 0 spiro atoms. The van der Waals surface area contributed by atoms with Crippen molar-refractivity contribution in [2.24, 2.45) is 11.7 Å². The molecule has 6 heteroatoms. The van der Waals surface area contributed by atoms with Crippen molar-refractivity contribution in [3.63, 3.8) is 0 Å². The van der Waals surface area contributed by atoms with Crippen molar-refractivity contribution in [1.29, 1.82) is 0 Å². The summed E-state index contributed by atoms with van der Waals surface area (Å²) < 4.78 is 5.68. The van der Waals surface area contributed by atoms with E-state index >= 15 is 0 Å². The number of hydrogen-bond donors (Lipinski definition) is 1. The molecule has 3 heterocycles. The molecule has 2 aromatic heterocycles. The maximum atomic E-state index is 6.05. The third-order valence-electron chi connectivity index (χ3n) is 4.93. The summed E-state index contributed by atoms with van der Waals surface area (Å²) in [7, 11) is 0. The number of hydrogen-bond acceptors (Lipinski definition) is 5. The molecule has 0 aliphatic carbocycles. The lowest BCUT2D eigenvalue weighted by atomic mass is 9.89. The van der Waals surface area contributed by atoms with Crippen molar-refractivity contribution in [1.82, 2.24) is 9.88 Å². The van der Waals surface area contributed by atoms with Crippen molar-refractivity contribution >= 4 is 23.7 Å². The lowest BCUT2D eigenvalue weighted by molar-refractivity contribution is 0.319. The molecular formula is C20H24ClN3OS. The molecule has 138 valence electrons. The van der Waals surface area contributed by atoms with Crippen molar-refractivity contribution in [2.75, 3.05) is 19.6 Å². The number of aryl methyl sites for hydroxylation is 1. The predicted octanol–water partition coefficient (Wildman–Crippen LogP) is 4.31.